The van der Waals surface area contributed by atoms with Gasteiger partial charge < -0.3 is 10.5 Å². The summed E-state index contributed by atoms with van der Waals surface area (Å²) in [4.78, 5) is 8.43. The Kier molecular flexibility index (Phi) is 14.0. The van der Waals surface area contributed by atoms with Gasteiger partial charge in [-0.3, -0.25) is 14.1 Å². The lowest BCUT2D eigenvalue weighted by atomic mass is 10.1. The summed E-state index contributed by atoms with van der Waals surface area (Å²) in [5.41, 5.74) is 11.7. The van der Waals surface area contributed by atoms with Crippen LogP contribution >= 0.6 is 11.6 Å². The molecule has 0 unspecified atom stereocenters. The number of hydrogen-bond acceptors (Lipinski definition) is 8. The van der Waals surface area contributed by atoms with Gasteiger partial charge in [-0.15, -0.1) is 0 Å². The lowest BCUT2D eigenvalue weighted by Gasteiger charge is -2.14. The third-order valence-corrected chi connectivity index (χ3v) is 8.59. The Labute approximate surface area is 286 Å². The molecule has 0 amide bonds. The van der Waals surface area contributed by atoms with Crippen molar-refractivity contribution in [3.63, 3.8) is 0 Å². The van der Waals surface area contributed by atoms with Crippen LogP contribution in [0.1, 0.15) is 22.3 Å². The van der Waals surface area contributed by atoms with E-state index >= 15 is 0 Å². The van der Waals surface area contributed by atoms with Gasteiger partial charge in [-0.2, -0.15) is 16.8 Å². The molecule has 2 aromatic heterocycles. The molecule has 48 heavy (non-hydrogen) atoms. The Morgan fingerprint density at radius 3 is 1.88 bits per heavy atom. The quantitative estimate of drug-likeness (QED) is 0.108. The zero-order valence-corrected chi connectivity index (χ0v) is 28.7. The molecule has 0 bridgehead atoms. The third kappa shape index (κ3) is 12.6. The van der Waals surface area contributed by atoms with Gasteiger partial charge in [0.15, 0.2) is 0 Å². The zero-order chi connectivity index (χ0) is 35.3. The fraction of sp³-hybridized carbons (Fsp3) is 0.143. The molecule has 5 rings (SSSR count). The monoisotopic (exact) mass is 709 g/mol. The molecule has 1 atom stereocenters. The Balaban J connectivity index is 0.000000233. The van der Waals surface area contributed by atoms with Crippen molar-refractivity contribution in [3.8, 4) is 17.0 Å². The van der Waals surface area contributed by atoms with Gasteiger partial charge in [-0.05, 0) is 73.9 Å². The number of nitrogens with zero attached hydrogens (tertiary/aromatic N) is 2. The molecule has 0 radical (unpaired) electrons. The van der Waals surface area contributed by atoms with Gasteiger partial charge in [0.2, 0.25) is 0 Å². The van der Waals surface area contributed by atoms with Gasteiger partial charge in [-0.25, -0.2) is 4.98 Å². The van der Waals surface area contributed by atoms with Crippen molar-refractivity contribution in [1.29, 1.82) is 0 Å². The van der Waals surface area contributed by atoms with Crippen LogP contribution in [0.25, 0.3) is 17.3 Å². The number of nitrogens with two attached hydrogens (primary N) is 1. The molecule has 10 nitrogen and oxygen atoms in total. The number of ether oxygens (including phenoxy) is 1. The minimum Gasteiger partial charge on any atom is -0.490 e. The maximum Gasteiger partial charge on any atom is 0.294 e. The van der Waals surface area contributed by atoms with Crippen LogP contribution in [0.5, 0.6) is 5.75 Å². The van der Waals surface area contributed by atoms with Crippen molar-refractivity contribution in [2.24, 2.45) is 5.73 Å². The fourth-order valence-corrected chi connectivity index (χ4v) is 5.17. The number of aryl methyl sites for hydroxylation is 2. The van der Waals surface area contributed by atoms with E-state index in [4.69, 9.17) is 31.2 Å². The van der Waals surface area contributed by atoms with Crippen molar-refractivity contribution in [2.75, 3.05) is 6.61 Å². The average molecular weight is 710 g/mol. The van der Waals surface area contributed by atoms with E-state index < -0.39 is 20.2 Å². The molecule has 0 spiro atoms. The maximum absolute atomic E-state index is 10.5. The molecule has 5 aromatic rings. The highest BCUT2D eigenvalue weighted by Gasteiger charge is 2.11. The van der Waals surface area contributed by atoms with Crippen LogP contribution in [0, 0.1) is 13.8 Å². The normalized spacial score (nSPS) is 11.6. The zero-order valence-electron chi connectivity index (χ0n) is 26.3. The minimum absolute atomic E-state index is 0.0666. The van der Waals surface area contributed by atoms with Crippen molar-refractivity contribution in [1.82, 2.24) is 9.97 Å². The van der Waals surface area contributed by atoms with Crippen LogP contribution in [0.15, 0.2) is 126 Å². The van der Waals surface area contributed by atoms with Crippen LogP contribution < -0.4 is 10.5 Å². The average Bonchev–Trinajstić information content (AvgIpc) is 3.05. The summed E-state index contributed by atoms with van der Waals surface area (Å²) in [5, 5.41) is 0.375. The van der Waals surface area contributed by atoms with Crippen molar-refractivity contribution < 1.29 is 30.7 Å². The first-order chi connectivity index (χ1) is 22.7. The number of hydrogen-bond donors (Lipinski definition) is 3. The second kappa shape index (κ2) is 17.6. The molecule has 0 saturated carbocycles. The summed E-state index contributed by atoms with van der Waals surface area (Å²) in [6.45, 7) is 7.84. The topological polar surface area (TPSA) is 170 Å². The lowest BCUT2D eigenvalue weighted by molar-refractivity contribution is 0.286. The van der Waals surface area contributed by atoms with E-state index in [0.717, 1.165) is 28.8 Å². The van der Waals surface area contributed by atoms with Gasteiger partial charge in [-0.1, -0.05) is 90.0 Å². The van der Waals surface area contributed by atoms with Crippen LogP contribution in [0.4, 0.5) is 0 Å². The minimum atomic E-state index is -4.02. The second-order valence-electron chi connectivity index (χ2n) is 10.5. The number of rotatable bonds is 9. The Bertz CT molecular complexity index is 1930. The standard InChI is InChI=1S/C21H20ClN3O.2C7H8O3S/c1-2-15-8-9-24-20(11-15)19-12-18(13-25-21(19)22)26-14-17(23)10-16-6-4-3-5-7-16;2*1-6-2-4-7(5-3-6)11(8,9)10/h2-9,11-13,17H,1,10,14,23H2;2*2-5H,1H3,(H,8,9,10)/t17-;;/m0../s1. The Hall–Kier alpha value is -4.43. The van der Waals surface area contributed by atoms with Gasteiger partial charge in [0.05, 0.1) is 21.7 Å². The molecule has 0 saturated heterocycles. The molecule has 3 aromatic carbocycles. The van der Waals surface area contributed by atoms with Crippen molar-refractivity contribution >= 4 is 37.9 Å². The predicted octanol–water partition coefficient (Wildman–Crippen LogP) is 6.87. The van der Waals surface area contributed by atoms with E-state index in [-0.39, 0.29) is 15.8 Å². The first-order valence-corrected chi connectivity index (χ1v) is 17.7. The number of benzene rings is 3. The van der Waals surface area contributed by atoms with Crippen molar-refractivity contribution in [3.05, 3.63) is 143 Å². The maximum atomic E-state index is 10.5. The van der Waals surface area contributed by atoms with E-state index in [1.54, 1.807) is 42.7 Å². The summed E-state index contributed by atoms with van der Waals surface area (Å²) in [6.07, 6.45) is 5.82. The molecular formula is C35H36ClN3O7S2. The molecule has 252 valence electrons. The van der Waals surface area contributed by atoms with E-state index in [2.05, 4.69) is 28.7 Å². The second-order valence-corrected chi connectivity index (χ2v) is 13.7. The van der Waals surface area contributed by atoms with Gasteiger partial charge >= 0.3 is 0 Å². The lowest BCUT2D eigenvalue weighted by Crippen LogP contribution is -2.30. The largest absolute Gasteiger partial charge is 0.490 e. The smallest absolute Gasteiger partial charge is 0.294 e. The van der Waals surface area contributed by atoms with Crippen LogP contribution in [-0.4, -0.2) is 48.6 Å². The van der Waals surface area contributed by atoms with Crippen LogP contribution in [0.2, 0.25) is 5.15 Å². The molecule has 0 aliphatic rings. The van der Waals surface area contributed by atoms with E-state index in [1.807, 2.05) is 50.2 Å². The van der Waals surface area contributed by atoms with E-state index in [9.17, 15) is 16.8 Å². The van der Waals surface area contributed by atoms with Crippen LogP contribution in [-0.2, 0) is 26.7 Å². The number of pyridine rings is 2. The molecule has 2 heterocycles. The molecule has 0 aliphatic carbocycles. The fourth-order valence-electron chi connectivity index (χ4n) is 4.01. The van der Waals surface area contributed by atoms with Gasteiger partial charge in [0.1, 0.15) is 17.5 Å². The summed E-state index contributed by atoms with van der Waals surface area (Å²) in [6, 6.07) is 27.6. The first kappa shape index (κ1) is 38.0. The summed E-state index contributed by atoms with van der Waals surface area (Å²) in [5.74, 6) is 0.610. The number of halogens is 1. The third-order valence-electron chi connectivity index (χ3n) is 6.55. The highest BCUT2D eigenvalue weighted by molar-refractivity contribution is 7.86. The predicted molar refractivity (Wildman–Crippen MR) is 188 cm³/mol. The highest BCUT2D eigenvalue weighted by Crippen LogP contribution is 2.29. The first-order valence-electron chi connectivity index (χ1n) is 14.4. The SMILES string of the molecule is C=Cc1ccnc(-c2cc(OC[C@@H](N)Cc3ccccc3)cnc2Cl)c1.Cc1ccc(S(=O)(=O)O)cc1.Cc1ccc(S(=O)(=O)O)cc1. The summed E-state index contributed by atoms with van der Waals surface area (Å²) in [7, 11) is -8.04. The summed E-state index contributed by atoms with van der Waals surface area (Å²) < 4.78 is 64.9. The van der Waals surface area contributed by atoms with Gasteiger partial charge in [0.25, 0.3) is 20.2 Å². The van der Waals surface area contributed by atoms with E-state index in [1.165, 1.54) is 29.8 Å². The highest BCUT2D eigenvalue weighted by atomic mass is 35.5. The molecule has 13 heteroatoms. The number of aromatic nitrogens is 2. The van der Waals surface area contributed by atoms with Crippen LogP contribution in [0.3, 0.4) is 0 Å². The molecular weight excluding hydrogens is 674 g/mol. The summed E-state index contributed by atoms with van der Waals surface area (Å²) >= 11 is 6.24. The van der Waals surface area contributed by atoms with E-state index in [0.29, 0.717) is 23.1 Å². The molecule has 4 N–H and O–H groups in total. The van der Waals surface area contributed by atoms with Crippen molar-refractivity contribution in [2.45, 2.75) is 36.1 Å². The van der Waals surface area contributed by atoms with Gasteiger partial charge in [0, 0.05) is 17.8 Å². The molecule has 0 fully saturated rings. The Morgan fingerprint density at radius 1 is 0.833 bits per heavy atom. The molecule has 0 aliphatic heterocycles. The Morgan fingerprint density at radius 2 is 1.38 bits per heavy atom.